The molecule has 0 N–H and O–H groups in total. The highest BCUT2D eigenvalue weighted by molar-refractivity contribution is 6.35. The number of carbonyl (C=O) groups excluding carboxylic acids is 2. The van der Waals surface area contributed by atoms with E-state index in [1.807, 2.05) is 0 Å². The molecule has 2 unspecified atom stereocenters. The molecule has 2 atom stereocenters. The highest BCUT2D eigenvalue weighted by Gasteiger charge is 2.45. The smallest absolute Gasteiger partial charge is 0.278 e. The Kier molecular flexibility index (Phi) is 5.62. The van der Waals surface area contributed by atoms with Crippen molar-refractivity contribution < 1.29 is 14.5 Å². The van der Waals surface area contributed by atoms with E-state index in [0.29, 0.717) is 28.7 Å². The SMILES string of the molecule is CC1CC(C)CN(C2=C(c3ccc([N+](=O)[O-])cc3)C(=O)N(C3CCCCC3)C2=O)C1. The van der Waals surface area contributed by atoms with E-state index in [9.17, 15) is 19.7 Å². The second-order valence-electron chi connectivity index (χ2n) is 9.15. The van der Waals surface area contributed by atoms with Crippen LogP contribution in [0, 0.1) is 22.0 Å². The molecule has 1 saturated heterocycles. The average Bonchev–Trinajstić information content (AvgIpc) is 2.98. The van der Waals surface area contributed by atoms with E-state index in [1.165, 1.54) is 17.0 Å². The van der Waals surface area contributed by atoms with E-state index in [4.69, 9.17) is 0 Å². The van der Waals surface area contributed by atoms with Crippen molar-refractivity contribution in [3.05, 3.63) is 45.6 Å². The summed E-state index contributed by atoms with van der Waals surface area (Å²) in [5, 5.41) is 11.0. The summed E-state index contributed by atoms with van der Waals surface area (Å²) < 4.78 is 0. The number of non-ortho nitro benzene ring substituents is 1. The number of nitro groups is 1. The monoisotopic (exact) mass is 411 g/mol. The lowest BCUT2D eigenvalue weighted by Crippen LogP contribution is -2.45. The third-order valence-corrected chi connectivity index (χ3v) is 6.58. The molecule has 0 spiro atoms. The number of hydrogen-bond acceptors (Lipinski definition) is 5. The molecule has 30 heavy (non-hydrogen) atoms. The predicted molar refractivity (Wildman–Crippen MR) is 113 cm³/mol. The van der Waals surface area contributed by atoms with Crippen molar-refractivity contribution in [1.29, 1.82) is 0 Å². The maximum absolute atomic E-state index is 13.6. The Morgan fingerprint density at radius 3 is 2.10 bits per heavy atom. The number of likely N-dealkylation sites (tertiary alicyclic amines) is 1. The topological polar surface area (TPSA) is 83.8 Å². The minimum atomic E-state index is -0.455. The predicted octanol–water partition coefficient (Wildman–Crippen LogP) is 3.99. The number of imide groups is 1. The van der Waals surface area contributed by atoms with Gasteiger partial charge in [0.05, 0.1) is 10.5 Å². The van der Waals surface area contributed by atoms with Gasteiger partial charge < -0.3 is 4.90 Å². The highest BCUT2D eigenvalue weighted by Crippen LogP contribution is 2.38. The van der Waals surface area contributed by atoms with Crippen molar-refractivity contribution in [3.8, 4) is 0 Å². The average molecular weight is 412 g/mol. The zero-order chi connectivity index (χ0) is 21.4. The summed E-state index contributed by atoms with van der Waals surface area (Å²) >= 11 is 0. The third-order valence-electron chi connectivity index (χ3n) is 6.58. The zero-order valence-corrected chi connectivity index (χ0v) is 17.7. The van der Waals surface area contributed by atoms with Crippen LogP contribution >= 0.6 is 0 Å². The van der Waals surface area contributed by atoms with Gasteiger partial charge in [0.25, 0.3) is 17.5 Å². The Labute approximate surface area is 176 Å². The summed E-state index contributed by atoms with van der Waals surface area (Å²) in [5.74, 6) is 0.431. The minimum Gasteiger partial charge on any atom is -0.366 e. The number of hydrogen-bond donors (Lipinski definition) is 0. The lowest BCUT2D eigenvalue weighted by molar-refractivity contribution is -0.384. The number of rotatable bonds is 4. The first-order chi connectivity index (χ1) is 14.4. The molecule has 4 rings (SSSR count). The van der Waals surface area contributed by atoms with Crippen LogP contribution in [0.25, 0.3) is 5.57 Å². The third kappa shape index (κ3) is 3.73. The molecule has 7 heteroatoms. The molecule has 0 aromatic heterocycles. The van der Waals surface area contributed by atoms with Gasteiger partial charge in [0, 0.05) is 31.3 Å². The minimum absolute atomic E-state index is 0.0259. The van der Waals surface area contributed by atoms with Crippen molar-refractivity contribution in [2.45, 2.75) is 58.4 Å². The van der Waals surface area contributed by atoms with Gasteiger partial charge in [-0.15, -0.1) is 0 Å². The van der Waals surface area contributed by atoms with Crippen LogP contribution < -0.4 is 0 Å². The molecule has 2 amide bonds. The number of amides is 2. The Morgan fingerprint density at radius 2 is 1.53 bits per heavy atom. The van der Waals surface area contributed by atoms with E-state index in [0.717, 1.165) is 51.6 Å². The van der Waals surface area contributed by atoms with E-state index >= 15 is 0 Å². The molecule has 2 fully saturated rings. The Morgan fingerprint density at radius 1 is 0.933 bits per heavy atom. The molecule has 7 nitrogen and oxygen atoms in total. The molecule has 0 bridgehead atoms. The Hall–Kier alpha value is -2.70. The first-order valence-electron chi connectivity index (χ1n) is 11.0. The second-order valence-corrected chi connectivity index (χ2v) is 9.15. The Bertz CT molecular complexity index is 876. The van der Waals surface area contributed by atoms with Crippen molar-refractivity contribution in [2.24, 2.45) is 11.8 Å². The number of carbonyl (C=O) groups is 2. The molecule has 160 valence electrons. The molecule has 1 aromatic carbocycles. The van der Waals surface area contributed by atoms with E-state index in [1.54, 1.807) is 12.1 Å². The summed E-state index contributed by atoms with van der Waals surface area (Å²) in [4.78, 5) is 41.3. The van der Waals surface area contributed by atoms with Crippen LogP contribution in [-0.2, 0) is 9.59 Å². The van der Waals surface area contributed by atoms with Gasteiger partial charge in [0.1, 0.15) is 5.70 Å². The van der Waals surface area contributed by atoms with Crippen molar-refractivity contribution >= 4 is 23.1 Å². The van der Waals surface area contributed by atoms with Crippen molar-refractivity contribution in [3.63, 3.8) is 0 Å². The number of benzene rings is 1. The maximum Gasteiger partial charge on any atom is 0.278 e. The van der Waals surface area contributed by atoms with Gasteiger partial charge in [-0.2, -0.15) is 0 Å². The Balaban J connectivity index is 1.76. The van der Waals surface area contributed by atoms with Crippen LogP contribution in [0.4, 0.5) is 5.69 Å². The van der Waals surface area contributed by atoms with Crippen LogP contribution in [0.5, 0.6) is 0 Å². The molecule has 1 aromatic rings. The lowest BCUT2D eigenvalue weighted by Gasteiger charge is -2.37. The molecule has 1 saturated carbocycles. The lowest BCUT2D eigenvalue weighted by atomic mass is 9.91. The number of piperidine rings is 1. The first kappa shape index (κ1) is 20.6. The van der Waals surface area contributed by atoms with Gasteiger partial charge in [0.15, 0.2) is 0 Å². The van der Waals surface area contributed by atoms with Gasteiger partial charge in [-0.3, -0.25) is 24.6 Å². The molecule has 3 aliphatic rings. The van der Waals surface area contributed by atoms with E-state index in [-0.39, 0.29) is 23.5 Å². The van der Waals surface area contributed by atoms with Crippen LogP contribution in [0.3, 0.4) is 0 Å². The summed E-state index contributed by atoms with van der Waals surface area (Å²) in [6, 6.07) is 5.95. The fourth-order valence-corrected chi connectivity index (χ4v) is 5.35. The van der Waals surface area contributed by atoms with Gasteiger partial charge in [0.2, 0.25) is 0 Å². The quantitative estimate of drug-likeness (QED) is 0.425. The molecule has 1 aliphatic carbocycles. The summed E-state index contributed by atoms with van der Waals surface area (Å²) in [5.41, 5.74) is 1.44. The molecule has 0 radical (unpaired) electrons. The first-order valence-corrected chi connectivity index (χ1v) is 11.0. The second kappa shape index (κ2) is 8.20. The largest absolute Gasteiger partial charge is 0.366 e. The normalized spacial score (nSPS) is 25.9. The number of nitrogens with zero attached hydrogens (tertiary/aromatic N) is 3. The van der Waals surface area contributed by atoms with Crippen LogP contribution in [-0.4, -0.2) is 45.7 Å². The van der Waals surface area contributed by atoms with Gasteiger partial charge in [-0.05, 0) is 48.8 Å². The molecule has 2 heterocycles. The van der Waals surface area contributed by atoms with Gasteiger partial charge in [-0.1, -0.05) is 33.1 Å². The molecule has 2 aliphatic heterocycles. The highest BCUT2D eigenvalue weighted by atomic mass is 16.6. The number of nitro benzene ring substituents is 1. The van der Waals surface area contributed by atoms with Gasteiger partial charge >= 0.3 is 0 Å². The van der Waals surface area contributed by atoms with Crippen molar-refractivity contribution in [1.82, 2.24) is 9.80 Å². The van der Waals surface area contributed by atoms with Crippen LogP contribution in [0.15, 0.2) is 30.0 Å². The van der Waals surface area contributed by atoms with Crippen molar-refractivity contribution in [2.75, 3.05) is 13.1 Å². The van der Waals surface area contributed by atoms with Crippen LogP contribution in [0.2, 0.25) is 0 Å². The van der Waals surface area contributed by atoms with Gasteiger partial charge in [-0.25, -0.2) is 0 Å². The van der Waals surface area contributed by atoms with E-state index in [2.05, 4.69) is 18.7 Å². The standard InChI is InChI=1S/C23H29N3O4/c1-15-12-16(2)14-24(13-15)21-20(17-8-10-19(11-9-17)26(29)30)22(27)25(23(21)28)18-6-4-3-5-7-18/h8-11,15-16,18H,3-7,12-14H2,1-2H3. The zero-order valence-electron chi connectivity index (χ0n) is 17.7. The fraction of sp³-hybridized carbons (Fsp3) is 0.565. The maximum atomic E-state index is 13.6. The molecular weight excluding hydrogens is 382 g/mol. The fourth-order valence-electron chi connectivity index (χ4n) is 5.35. The summed E-state index contributed by atoms with van der Waals surface area (Å²) in [7, 11) is 0. The summed E-state index contributed by atoms with van der Waals surface area (Å²) in [6.45, 7) is 5.84. The summed E-state index contributed by atoms with van der Waals surface area (Å²) in [6.07, 6.45) is 6.01. The van der Waals surface area contributed by atoms with Crippen LogP contribution in [0.1, 0.15) is 57.9 Å². The molecular formula is C23H29N3O4. The van der Waals surface area contributed by atoms with E-state index < -0.39 is 4.92 Å².